The first-order valence-electron chi connectivity index (χ1n) is 0.783. The van der Waals surface area contributed by atoms with Crippen molar-refractivity contribution < 1.29 is 19.2 Å². The van der Waals surface area contributed by atoms with Gasteiger partial charge < -0.3 is 14.7 Å². The van der Waals surface area contributed by atoms with Gasteiger partial charge in [0.1, 0.15) is 17.4 Å². The Balaban J connectivity index is -0.0000000267. The van der Waals surface area contributed by atoms with E-state index in [0.717, 1.165) is 0 Å². The molecule has 1 unspecified atom stereocenters. The Morgan fingerprint density at radius 3 is 1.12 bits per heavy atom. The lowest BCUT2D eigenvalue weighted by Gasteiger charge is -1.82. The van der Waals surface area contributed by atoms with Crippen molar-refractivity contribution >= 4 is 52.4 Å². The van der Waals surface area contributed by atoms with Crippen LogP contribution in [0.5, 0.6) is 0 Å². The normalized spacial score (nSPS) is 7.38. The third kappa shape index (κ3) is 129. The van der Waals surface area contributed by atoms with Gasteiger partial charge in [0, 0.05) is 0 Å². The van der Waals surface area contributed by atoms with E-state index in [2.05, 4.69) is 0 Å². The second-order valence-electron chi connectivity index (χ2n) is 0.513. The summed E-state index contributed by atoms with van der Waals surface area (Å²) in [5.74, 6) is 0. The molecule has 0 aliphatic heterocycles. The fourth-order valence-electron chi connectivity index (χ4n) is 0. The molecule has 4 nitrogen and oxygen atoms in total. The average Bonchev–Trinajstić information content (AvgIpc) is 0.722. The summed E-state index contributed by atoms with van der Waals surface area (Å²) < 4.78 is 8.88. The van der Waals surface area contributed by atoms with Crippen molar-refractivity contribution in [1.82, 2.24) is 0 Å². The molecule has 0 aromatic heterocycles. The Kier molecular flexibility index (Phi) is 24.4. The lowest BCUT2D eigenvalue weighted by molar-refractivity contribution is 0.275. The van der Waals surface area contributed by atoms with E-state index in [4.69, 9.17) is 19.2 Å². The zero-order valence-corrected chi connectivity index (χ0v) is 8.21. The highest BCUT2D eigenvalue weighted by Crippen LogP contribution is 2.25. The summed E-state index contributed by atoms with van der Waals surface area (Å²) in [6, 6.07) is 0. The predicted molar refractivity (Wildman–Crippen MR) is 43.9 cm³/mol. The zero-order valence-electron chi connectivity index (χ0n) is 3.90. The van der Waals surface area contributed by atoms with Gasteiger partial charge in [0.15, 0.2) is 17.4 Å². The van der Waals surface area contributed by atoms with E-state index in [-0.39, 0.29) is 44.6 Å². The van der Waals surface area contributed by atoms with Crippen molar-refractivity contribution in [2.24, 2.45) is 0 Å². The lowest BCUT2D eigenvalue weighted by atomic mass is 15.8. The molecule has 1 radical (unpaired) electrons. The van der Waals surface area contributed by atoms with Gasteiger partial charge in [0.05, 0.1) is 0 Å². The van der Waals surface area contributed by atoms with Crippen molar-refractivity contribution in [3.63, 3.8) is 0 Å². The molecule has 0 aromatic carbocycles. The minimum atomic E-state index is -4.64. The molecule has 0 rings (SSSR count). The minimum Gasteiger partial charge on any atom is -0.303 e. The highest BCUT2D eigenvalue weighted by Gasteiger charge is 2.00. The first-order valence-corrected chi connectivity index (χ1v) is 2.35. The van der Waals surface area contributed by atoms with Crippen LogP contribution in [0.15, 0.2) is 0 Å². The van der Waals surface area contributed by atoms with Gasteiger partial charge in [0.2, 0.25) is 0 Å². The van der Waals surface area contributed by atoms with Crippen LogP contribution in [0.3, 0.4) is 0 Å². The zero-order chi connectivity index (χ0) is 4.50. The van der Waals surface area contributed by atoms with Crippen LogP contribution in [0.4, 0.5) is 0 Å². The molecule has 8 heavy (non-hydrogen) atoms. The SMILES string of the molecule is O=P(O)(O)O.P.[AlH2].[AlH3]. The molecule has 0 aliphatic carbocycles. The first kappa shape index (κ1) is 22.6. The molecule has 0 fully saturated rings. The predicted octanol–water partition coefficient (Wildman–Crippen LogP) is -2.97. The van der Waals surface area contributed by atoms with Crippen LogP contribution in [0.1, 0.15) is 0 Å². The molecule has 0 heterocycles. The van der Waals surface area contributed by atoms with Crippen LogP contribution in [0, 0.1) is 0 Å². The summed E-state index contributed by atoms with van der Waals surface area (Å²) in [4.78, 5) is 21.6. The van der Waals surface area contributed by atoms with Crippen LogP contribution in [0.25, 0.3) is 0 Å². The largest absolute Gasteiger partial charge is 0.466 e. The topological polar surface area (TPSA) is 77.8 Å². The number of rotatable bonds is 0. The van der Waals surface area contributed by atoms with E-state index in [9.17, 15) is 0 Å². The van der Waals surface area contributed by atoms with E-state index >= 15 is 0 Å². The third-order valence-electron chi connectivity index (χ3n) is 0. The third-order valence-corrected chi connectivity index (χ3v) is 0. The summed E-state index contributed by atoms with van der Waals surface area (Å²) in [7, 11) is -4.64. The number of phosphoric acid groups is 1. The first-order chi connectivity index (χ1) is 2.00. The summed E-state index contributed by atoms with van der Waals surface area (Å²) in [5, 5.41) is 0. The highest BCUT2D eigenvalue weighted by atomic mass is 31.2. The Bertz CT molecular complexity index is 58.2. The second-order valence-corrected chi connectivity index (χ2v) is 1.54. The maximum atomic E-state index is 8.88. The molecular formula is H11Al2O4P2. The molecule has 0 saturated heterocycles. The fraction of sp³-hybridized carbons (Fsp3) is 0. The highest BCUT2D eigenvalue weighted by molar-refractivity contribution is 7.45. The molecule has 0 spiro atoms. The van der Waals surface area contributed by atoms with Crippen molar-refractivity contribution in [1.29, 1.82) is 0 Å². The number of hydrogen-bond donors (Lipinski definition) is 3. The molecule has 0 aliphatic rings. The molecule has 3 N–H and O–H groups in total. The van der Waals surface area contributed by atoms with Crippen molar-refractivity contribution in [2.45, 2.75) is 0 Å². The minimum absolute atomic E-state index is 0. The van der Waals surface area contributed by atoms with Gasteiger partial charge in [-0.15, -0.1) is 0 Å². The summed E-state index contributed by atoms with van der Waals surface area (Å²) in [6.45, 7) is 0. The van der Waals surface area contributed by atoms with Crippen molar-refractivity contribution in [2.75, 3.05) is 0 Å². The van der Waals surface area contributed by atoms with Gasteiger partial charge in [0.25, 0.3) is 0 Å². The van der Waals surface area contributed by atoms with E-state index in [1.54, 1.807) is 0 Å². The smallest absolute Gasteiger partial charge is 0.303 e. The standard InChI is InChI=1S/2Al.H3O4P.H3P.5H/c;;1-5(2,3)4;;;;;;/h;;(H3,1,2,3,4);1H3;;;;;. The average molecular weight is 191 g/mol. The van der Waals surface area contributed by atoms with Crippen LogP contribution in [-0.4, -0.2) is 49.4 Å². The molecule has 0 saturated carbocycles. The fourth-order valence-corrected chi connectivity index (χ4v) is 0. The van der Waals surface area contributed by atoms with E-state index < -0.39 is 7.82 Å². The van der Waals surface area contributed by atoms with Gasteiger partial charge in [-0.25, -0.2) is 4.57 Å². The number of hydrogen-bond acceptors (Lipinski definition) is 1. The molecule has 8 heteroatoms. The molecule has 1 atom stereocenters. The van der Waals surface area contributed by atoms with Crippen molar-refractivity contribution in [3.05, 3.63) is 0 Å². The summed E-state index contributed by atoms with van der Waals surface area (Å²) >= 11 is 0. The van der Waals surface area contributed by atoms with Gasteiger partial charge >= 0.3 is 7.82 Å². The Hall–Kier alpha value is 1.60. The van der Waals surface area contributed by atoms with Crippen LogP contribution >= 0.6 is 17.7 Å². The quantitative estimate of drug-likeness (QED) is 0.282. The van der Waals surface area contributed by atoms with Gasteiger partial charge in [-0.1, -0.05) is 0 Å². The van der Waals surface area contributed by atoms with Crippen molar-refractivity contribution in [3.8, 4) is 0 Å². The van der Waals surface area contributed by atoms with Gasteiger partial charge in [-0.3, -0.25) is 0 Å². The van der Waals surface area contributed by atoms with Gasteiger partial charge in [-0.2, -0.15) is 9.90 Å². The molecular weight excluding hydrogens is 180 g/mol. The van der Waals surface area contributed by atoms with E-state index in [0.29, 0.717) is 0 Å². The molecule has 0 bridgehead atoms. The van der Waals surface area contributed by atoms with Crippen LogP contribution < -0.4 is 0 Å². The Morgan fingerprint density at radius 1 is 1.12 bits per heavy atom. The second kappa shape index (κ2) is 8.60. The molecule has 0 aromatic rings. The van der Waals surface area contributed by atoms with E-state index in [1.807, 2.05) is 0 Å². The Morgan fingerprint density at radius 2 is 1.12 bits per heavy atom. The van der Waals surface area contributed by atoms with Crippen LogP contribution in [-0.2, 0) is 4.57 Å². The monoisotopic (exact) mass is 191 g/mol. The molecule has 51 valence electrons. The lowest BCUT2D eigenvalue weighted by Crippen LogP contribution is -1.66. The van der Waals surface area contributed by atoms with E-state index in [1.165, 1.54) is 0 Å². The van der Waals surface area contributed by atoms with Gasteiger partial charge in [-0.05, 0) is 0 Å². The maximum Gasteiger partial charge on any atom is 0.466 e. The summed E-state index contributed by atoms with van der Waals surface area (Å²) in [5.41, 5.74) is 0. The molecule has 0 amide bonds. The Labute approximate surface area is 71.8 Å². The summed E-state index contributed by atoms with van der Waals surface area (Å²) in [6.07, 6.45) is 0. The maximum absolute atomic E-state index is 8.88. The van der Waals surface area contributed by atoms with Crippen LogP contribution in [0.2, 0.25) is 0 Å².